The van der Waals surface area contributed by atoms with Gasteiger partial charge in [0.25, 0.3) is 0 Å². The molecule has 4 saturated heterocycles. The van der Waals surface area contributed by atoms with Crippen molar-refractivity contribution in [3.8, 4) is 0 Å². The van der Waals surface area contributed by atoms with Crippen molar-refractivity contribution in [1.29, 1.82) is 0 Å². The molecule has 4 aliphatic heterocycles. The highest BCUT2D eigenvalue weighted by atomic mass is 14.4. The van der Waals surface area contributed by atoms with Crippen LogP contribution in [0.4, 0.5) is 0 Å². The van der Waals surface area contributed by atoms with E-state index in [2.05, 4.69) is 13.8 Å². The molecular weight excluding hydrogens is 286 g/mol. The van der Waals surface area contributed by atoms with Gasteiger partial charge in [-0.3, -0.25) is 0 Å². The van der Waals surface area contributed by atoms with Gasteiger partial charge in [0, 0.05) is 0 Å². The number of fused-ring (bicyclic) bond motifs is 4. The molecule has 0 nitrogen and oxygen atoms in total. The van der Waals surface area contributed by atoms with Gasteiger partial charge in [0.1, 0.15) is 13.4 Å². The van der Waals surface area contributed by atoms with Crippen LogP contribution in [0.25, 0.3) is 0 Å². The molecule has 0 aromatic heterocycles. The van der Waals surface area contributed by atoms with Crippen LogP contribution in [-0.4, -0.2) is 13.4 Å². The van der Waals surface area contributed by atoms with E-state index in [1.54, 1.807) is 83.5 Å². The maximum absolute atomic E-state index is 2.82. The van der Waals surface area contributed by atoms with Crippen molar-refractivity contribution in [2.75, 3.05) is 0 Å². The summed E-state index contributed by atoms with van der Waals surface area (Å²) in [6, 6.07) is 0. The Labute approximate surface area is 152 Å². The summed E-state index contributed by atoms with van der Waals surface area (Å²) in [6.45, 7) is 7.44. The Morgan fingerprint density at radius 1 is 0.667 bits per heavy atom. The third-order valence-corrected chi connectivity index (χ3v) is 9.22. The largest absolute Gasteiger partial charge is 0.145 e. The fourth-order valence-electron chi connectivity index (χ4n) is 8.62. The molecule has 2 heteroatoms. The van der Waals surface area contributed by atoms with Gasteiger partial charge in [-0.1, -0.05) is 139 Å². The first-order valence-electron chi connectivity index (χ1n) is 11.7. The lowest BCUT2D eigenvalue weighted by Crippen LogP contribution is -2.55. The normalized spacial score (nSPS) is 38.8. The van der Waals surface area contributed by atoms with Crippen LogP contribution < -0.4 is 0 Å². The number of hydrogen-bond acceptors (Lipinski definition) is 0. The van der Waals surface area contributed by atoms with Gasteiger partial charge in [0.05, 0.1) is 0 Å². The van der Waals surface area contributed by atoms with Crippen molar-refractivity contribution in [2.45, 2.75) is 139 Å². The van der Waals surface area contributed by atoms with E-state index in [0.29, 0.717) is 5.21 Å². The summed E-state index contributed by atoms with van der Waals surface area (Å²) in [5.74, 6) is 4.40. The Bertz CT molecular complexity index is 344. The van der Waals surface area contributed by atoms with Gasteiger partial charge < -0.3 is 0 Å². The molecule has 0 aromatic rings. The van der Waals surface area contributed by atoms with Gasteiger partial charge in [0.15, 0.2) is 0 Å². The van der Waals surface area contributed by atoms with E-state index in [9.17, 15) is 0 Å². The second-order valence-electron chi connectivity index (χ2n) is 10.4. The van der Waals surface area contributed by atoms with E-state index in [1.165, 1.54) is 12.8 Å². The summed E-state index contributed by atoms with van der Waals surface area (Å²) in [7, 11) is 0. The second-order valence-corrected chi connectivity index (χ2v) is 10.4. The maximum Gasteiger partial charge on any atom is 0.145 e. The zero-order valence-electron chi connectivity index (χ0n) is 16.6. The Kier molecular flexibility index (Phi) is 5.41. The average molecular weight is 326 g/mol. The van der Waals surface area contributed by atoms with Gasteiger partial charge in [-0.2, -0.15) is 0 Å². The first-order valence-corrected chi connectivity index (χ1v) is 11.7. The number of rotatable bonds is 5. The monoisotopic (exact) mass is 326 g/mol. The average Bonchev–Trinajstić information content (AvgIpc) is 2.58. The molecule has 0 aliphatic carbocycles. The molecule has 0 unspecified atom stereocenters. The van der Waals surface area contributed by atoms with Crippen LogP contribution in [0.2, 0.25) is 28.5 Å². The van der Waals surface area contributed by atoms with E-state index < -0.39 is 0 Å². The molecule has 4 bridgehead atoms. The van der Waals surface area contributed by atoms with Crippen LogP contribution in [-0.2, 0) is 0 Å². The predicted octanol–water partition coefficient (Wildman–Crippen LogP) is 7.68. The van der Waals surface area contributed by atoms with Gasteiger partial charge in [-0.25, -0.2) is 0 Å². The summed E-state index contributed by atoms with van der Waals surface area (Å²) in [6.07, 6.45) is 23.2. The van der Waals surface area contributed by atoms with Crippen LogP contribution in [0.1, 0.15) is 110 Å². The molecule has 0 saturated carbocycles. The summed E-state index contributed by atoms with van der Waals surface area (Å²) in [4.78, 5) is 0. The molecule has 0 amide bonds. The van der Waals surface area contributed by atoms with E-state index in [-0.39, 0.29) is 0 Å². The molecule has 4 aliphatic rings. The minimum Gasteiger partial charge on any atom is -0.0728 e. The van der Waals surface area contributed by atoms with Crippen molar-refractivity contribution in [1.82, 2.24) is 0 Å². The highest BCUT2D eigenvalue weighted by molar-refractivity contribution is 6.85. The lowest BCUT2D eigenvalue weighted by Gasteiger charge is -2.57. The molecule has 24 heavy (non-hydrogen) atoms. The minimum absolute atomic E-state index is 0.683. The van der Waals surface area contributed by atoms with Gasteiger partial charge in [-0.05, 0) is 0 Å². The van der Waals surface area contributed by atoms with Crippen molar-refractivity contribution in [3.63, 3.8) is 0 Å². The molecular formula is C22H40B2. The minimum atomic E-state index is 0.683. The van der Waals surface area contributed by atoms with Crippen LogP contribution in [0.15, 0.2) is 0 Å². The van der Waals surface area contributed by atoms with Crippen LogP contribution >= 0.6 is 0 Å². The zero-order valence-corrected chi connectivity index (χ0v) is 16.6. The van der Waals surface area contributed by atoms with Crippen molar-refractivity contribution in [2.24, 2.45) is 0 Å². The quantitative estimate of drug-likeness (QED) is 0.454. The fraction of sp³-hybridized carbons (Fsp3) is 1.00. The topological polar surface area (TPSA) is 0 Å². The molecule has 4 heterocycles. The molecule has 0 radical (unpaired) electrons. The molecule has 0 aromatic carbocycles. The Morgan fingerprint density at radius 3 is 1.29 bits per heavy atom. The fourth-order valence-corrected chi connectivity index (χ4v) is 8.62. The second kappa shape index (κ2) is 7.40. The number of hydrogen-bond donors (Lipinski definition) is 0. The van der Waals surface area contributed by atoms with Crippen molar-refractivity contribution < 1.29 is 0 Å². The zero-order chi connectivity index (χ0) is 16.6. The lowest BCUT2D eigenvalue weighted by atomic mass is 9.01. The standard InChI is InChI=1S/C22H40B2/c1-3-4-17-22(2,23-18-9-5-10-19(23)12-6-11-18)24-20-13-7-14-21(24)16-8-15-20/h18-21H,3-17H2,1-2H3. The predicted molar refractivity (Wildman–Crippen MR) is 110 cm³/mol. The third-order valence-electron chi connectivity index (χ3n) is 9.22. The molecule has 0 atom stereocenters. The Balaban J connectivity index is 1.66. The molecule has 134 valence electrons. The van der Waals surface area contributed by atoms with Crippen LogP contribution in [0, 0.1) is 0 Å². The Hall–Kier alpha value is 0.130. The van der Waals surface area contributed by atoms with Crippen LogP contribution in [0.3, 0.4) is 0 Å². The molecule has 4 rings (SSSR count). The summed E-state index contributed by atoms with van der Waals surface area (Å²) in [5.41, 5.74) is 0. The SMILES string of the molecule is CCCCC(C)(B1C2CCCC1CCC2)B1C2CCCC1CCC2. The first-order chi connectivity index (χ1) is 11.7. The third kappa shape index (κ3) is 3.03. The smallest absolute Gasteiger partial charge is 0.0728 e. The number of unbranched alkanes of at least 4 members (excludes halogenated alkanes) is 1. The molecule has 4 fully saturated rings. The maximum atomic E-state index is 2.82. The van der Waals surface area contributed by atoms with Gasteiger partial charge in [-0.15, -0.1) is 0 Å². The summed E-state index contributed by atoms with van der Waals surface area (Å²) < 4.78 is 0. The van der Waals surface area contributed by atoms with Crippen LogP contribution in [0.5, 0.6) is 0 Å². The van der Waals surface area contributed by atoms with Gasteiger partial charge >= 0.3 is 0 Å². The Morgan fingerprint density at radius 2 is 1.00 bits per heavy atom. The summed E-state index contributed by atoms with van der Waals surface area (Å²) >= 11 is 0. The van der Waals surface area contributed by atoms with E-state index in [0.717, 1.165) is 36.7 Å². The van der Waals surface area contributed by atoms with E-state index >= 15 is 0 Å². The van der Waals surface area contributed by atoms with Crippen molar-refractivity contribution >= 4 is 13.4 Å². The summed E-state index contributed by atoms with van der Waals surface area (Å²) in [5, 5.41) is 0.683. The highest BCUT2D eigenvalue weighted by Gasteiger charge is 2.57. The lowest BCUT2D eigenvalue weighted by molar-refractivity contribution is 0.400. The molecule has 0 N–H and O–H groups in total. The van der Waals surface area contributed by atoms with Gasteiger partial charge in [0.2, 0.25) is 0 Å². The first kappa shape index (κ1) is 17.5. The highest BCUT2D eigenvalue weighted by Crippen LogP contribution is 2.64. The molecule has 0 spiro atoms. The van der Waals surface area contributed by atoms with E-state index in [1.807, 2.05) is 0 Å². The van der Waals surface area contributed by atoms with E-state index in [4.69, 9.17) is 0 Å². The van der Waals surface area contributed by atoms with Crippen molar-refractivity contribution in [3.05, 3.63) is 0 Å².